The average Bonchev–Trinajstić information content (AvgIpc) is 3.18. The summed E-state index contributed by atoms with van der Waals surface area (Å²) in [6.45, 7) is 5.16. The minimum Gasteiger partial charge on any atom is -0.454 e. The third-order valence-corrected chi connectivity index (χ3v) is 5.70. The molecule has 3 heterocycles. The first-order valence-corrected chi connectivity index (χ1v) is 9.45. The second-order valence-corrected chi connectivity index (χ2v) is 8.02. The summed E-state index contributed by atoms with van der Waals surface area (Å²) < 4.78 is 10.7. The van der Waals surface area contributed by atoms with E-state index in [2.05, 4.69) is 35.4 Å². The van der Waals surface area contributed by atoms with Crippen LogP contribution in [0.1, 0.15) is 20.9 Å². The minimum atomic E-state index is 0.295. The molecule has 1 aromatic heterocycles. The molecule has 2 aliphatic heterocycles. The molecule has 2 aromatic rings. The fourth-order valence-electron chi connectivity index (χ4n) is 2.66. The lowest BCUT2D eigenvalue weighted by molar-refractivity contribution is 0.174. The van der Waals surface area contributed by atoms with Crippen LogP contribution in [0.2, 0.25) is 0 Å². The van der Waals surface area contributed by atoms with Crippen LogP contribution in [0, 0.1) is 13.8 Å². The molecular formula is C17H17N3O2S2. The predicted molar refractivity (Wildman–Crippen MR) is 99.6 cm³/mol. The predicted octanol–water partition coefficient (Wildman–Crippen LogP) is 3.69. The van der Waals surface area contributed by atoms with Gasteiger partial charge >= 0.3 is 0 Å². The summed E-state index contributed by atoms with van der Waals surface area (Å²) in [6, 6.07) is 8.12. The molecule has 0 spiro atoms. The monoisotopic (exact) mass is 359 g/mol. The maximum atomic E-state index is 5.39. The lowest BCUT2D eigenvalue weighted by Crippen LogP contribution is -2.25. The van der Waals surface area contributed by atoms with Gasteiger partial charge in [0.25, 0.3) is 0 Å². The Bertz CT molecular complexity index is 842. The Labute approximate surface area is 148 Å². The van der Waals surface area contributed by atoms with Crippen LogP contribution < -0.4 is 14.9 Å². The van der Waals surface area contributed by atoms with E-state index in [0.29, 0.717) is 13.3 Å². The Kier molecular flexibility index (Phi) is 4.20. The molecule has 5 nitrogen and oxygen atoms in total. The van der Waals surface area contributed by atoms with Crippen LogP contribution in [-0.2, 0) is 6.54 Å². The topological polar surface area (TPSA) is 55.2 Å². The van der Waals surface area contributed by atoms with Gasteiger partial charge in [-0.05, 0) is 37.6 Å². The summed E-state index contributed by atoms with van der Waals surface area (Å²) in [6.07, 6.45) is 0. The second-order valence-electron chi connectivity index (χ2n) is 5.59. The van der Waals surface area contributed by atoms with E-state index in [0.717, 1.165) is 33.7 Å². The minimum absolute atomic E-state index is 0.295. The number of fused-ring (bicyclic) bond motifs is 1. The number of benzene rings is 1. The van der Waals surface area contributed by atoms with Crippen molar-refractivity contribution in [1.29, 1.82) is 0 Å². The first-order chi connectivity index (χ1) is 11.7. The number of aryl methyl sites for hydroxylation is 2. The maximum Gasteiger partial charge on any atom is 0.231 e. The number of hydrogen-bond acceptors (Lipinski definition) is 6. The number of nitrogens with zero attached hydrogens (tertiary/aromatic N) is 2. The van der Waals surface area contributed by atoms with Crippen LogP contribution in [0.5, 0.6) is 11.5 Å². The van der Waals surface area contributed by atoms with Gasteiger partial charge in [-0.3, -0.25) is 10.4 Å². The van der Waals surface area contributed by atoms with Gasteiger partial charge in [-0.2, -0.15) is 5.10 Å². The molecule has 4 rings (SSSR count). The van der Waals surface area contributed by atoms with Gasteiger partial charge in [-0.1, -0.05) is 17.8 Å². The highest BCUT2D eigenvalue weighted by molar-refractivity contribution is 8.14. The Balaban J connectivity index is 1.43. The standard InChI is InChI=1S/C17H17N3O2S2/c1-10-5-13(11(2)24-10)14-8-23-17(20-19-14)18-7-12-3-4-15-16(6-12)22-9-21-15/h3-6H,7-9H2,1-2H3,(H,18,20). The van der Waals surface area contributed by atoms with Crippen LogP contribution in [0.25, 0.3) is 0 Å². The van der Waals surface area contributed by atoms with E-state index in [-0.39, 0.29) is 0 Å². The van der Waals surface area contributed by atoms with E-state index in [4.69, 9.17) is 9.47 Å². The molecule has 0 aliphatic carbocycles. The third kappa shape index (κ3) is 3.14. The number of thiophene rings is 1. The fraction of sp³-hybridized carbons (Fsp3) is 0.294. The van der Waals surface area contributed by atoms with Gasteiger partial charge < -0.3 is 9.47 Å². The molecule has 0 amide bonds. The normalized spacial score (nSPS) is 17.8. The smallest absolute Gasteiger partial charge is 0.231 e. The van der Waals surface area contributed by atoms with Gasteiger partial charge in [0.15, 0.2) is 16.7 Å². The quantitative estimate of drug-likeness (QED) is 0.908. The largest absolute Gasteiger partial charge is 0.454 e. The Morgan fingerprint density at radius 1 is 1.21 bits per heavy atom. The van der Waals surface area contributed by atoms with Gasteiger partial charge in [-0.25, -0.2) is 0 Å². The van der Waals surface area contributed by atoms with E-state index in [1.807, 2.05) is 29.5 Å². The second kappa shape index (κ2) is 6.49. The van der Waals surface area contributed by atoms with Crippen molar-refractivity contribution in [2.24, 2.45) is 10.1 Å². The number of amidine groups is 1. The van der Waals surface area contributed by atoms with Gasteiger partial charge in [0.05, 0.1) is 12.3 Å². The highest BCUT2D eigenvalue weighted by Gasteiger charge is 2.17. The number of thioether (sulfide) groups is 1. The molecule has 124 valence electrons. The summed E-state index contributed by atoms with van der Waals surface area (Å²) in [7, 11) is 0. The van der Waals surface area contributed by atoms with Crippen LogP contribution in [0.15, 0.2) is 34.4 Å². The van der Waals surface area contributed by atoms with Crippen LogP contribution in [0.4, 0.5) is 0 Å². The Morgan fingerprint density at radius 2 is 2.08 bits per heavy atom. The van der Waals surface area contributed by atoms with E-state index in [1.165, 1.54) is 15.3 Å². The molecule has 24 heavy (non-hydrogen) atoms. The van der Waals surface area contributed by atoms with Crippen molar-refractivity contribution in [3.8, 4) is 11.5 Å². The molecule has 0 saturated heterocycles. The highest BCUT2D eigenvalue weighted by atomic mass is 32.2. The zero-order valence-electron chi connectivity index (χ0n) is 13.5. The average molecular weight is 359 g/mol. The SMILES string of the molecule is Cc1cc(C2=NNC(=NCc3ccc4c(c3)OCO4)SC2)c(C)s1. The molecule has 0 radical (unpaired) electrons. The van der Waals surface area contributed by atoms with E-state index < -0.39 is 0 Å². The molecule has 0 atom stereocenters. The summed E-state index contributed by atoms with van der Waals surface area (Å²) in [4.78, 5) is 7.23. The molecule has 1 N–H and O–H groups in total. The fourth-order valence-corrected chi connectivity index (χ4v) is 4.36. The van der Waals surface area contributed by atoms with Gasteiger partial charge in [-0.15, -0.1) is 11.3 Å². The summed E-state index contributed by atoms with van der Waals surface area (Å²) >= 11 is 3.50. The molecule has 2 aliphatic rings. The third-order valence-electron chi connectivity index (χ3n) is 3.83. The maximum absolute atomic E-state index is 5.39. The molecule has 1 aromatic carbocycles. The molecule has 7 heteroatoms. The number of nitrogens with one attached hydrogen (secondary N) is 1. The van der Waals surface area contributed by atoms with Crippen molar-refractivity contribution in [3.63, 3.8) is 0 Å². The zero-order valence-corrected chi connectivity index (χ0v) is 15.1. The van der Waals surface area contributed by atoms with Gasteiger partial charge in [0, 0.05) is 21.1 Å². The molecule has 0 fully saturated rings. The van der Waals surface area contributed by atoms with Crippen molar-refractivity contribution < 1.29 is 9.47 Å². The molecule has 0 bridgehead atoms. The lowest BCUT2D eigenvalue weighted by Gasteiger charge is -2.14. The number of aliphatic imine (C=N–C) groups is 1. The van der Waals surface area contributed by atoms with Gasteiger partial charge in [0.1, 0.15) is 0 Å². The number of rotatable bonds is 3. The number of ether oxygens (including phenoxy) is 2. The van der Waals surface area contributed by atoms with Crippen molar-refractivity contribution >= 4 is 34.0 Å². The van der Waals surface area contributed by atoms with Crippen molar-refractivity contribution in [3.05, 3.63) is 45.1 Å². The van der Waals surface area contributed by atoms with Gasteiger partial charge in [0.2, 0.25) is 6.79 Å². The summed E-state index contributed by atoms with van der Waals surface area (Å²) in [5.74, 6) is 2.43. The molecular weight excluding hydrogens is 342 g/mol. The number of hydrogen-bond donors (Lipinski definition) is 1. The molecule has 0 saturated carbocycles. The van der Waals surface area contributed by atoms with Crippen molar-refractivity contribution in [2.75, 3.05) is 12.5 Å². The summed E-state index contributed by atoms with van der Waals surface area (Å²) in [5.41, 5.74) is 6.50. The van der Waals surface area contributed by atoms with Crippen molar-refractivity contribution in [2.45, 2.75) is 20.4 Å². The molecule has 0 unspecified atom stereocenters. The lowest BCUT2D eigenvalue weighted by atomic mass is 10.2. The van der Waals surface area contributed by atoms with Crippen molar-refractivity contribution in [1.82, 2.24) is 5.43 Å². The highest BCUT2D eigenvalue weighted by Crippen LogP contribution is 2.32. The van der Waals surface area contributed by atoms with E-state index in [9.17, 15) is 0 Å². The number of hydrazone groups is 1. The Morgan fingerprint density at radius 3 is 2.83 bits per heavy atom. The van der Waals surface area contributed by atoms with Crippen LogP contribution in [0.3, 0.4) is 0 Å². The first-order valence-electron chi connectivity index (χ1n) is 7.65. The van der Waals surface area contributed by atoms with E-state index >= 15 is 0 Å². The van der Waals surface area contributed by atoms with E-state index in [1.54, 1.807) is 11.8 Å². The zero-order chi connectivity index (χ0) is 16.5. The summed E-state index contributed by atoms with van der Waals surface area (Å²) in [5, 5.41) is 5.35. The first kappa shape index (κ1) is 15.5. The van der Waals surface area contributed by atoms with Crippen LogP contribution >= 0.6 is 23.1 Å². The Hall–Kier alpha value is -1.99. The van der Waals surface area contributed by atoms with Crippen LogP contribution in [-0.4, -0.2) is 23.4 Å².